The van der Waals surface area contributed by atoms with E-state index in [2.05, 4.69) is 10.4 Å². The van der Waals surface area contributed by atoms with Crippen LogP contribution in [0.4, 0.5) is 5.69 Å². The van der Waals surface area contributed by atoms with E-state index in [1.54, 1.807) is 12.1 Å². The van der Waals surface area contributed by atoms with Crippen LogP contribution in [0.1, 0.15) is 19.4 Å². The van der Waals surface area contributed by atoms with E-state index < -0.39 is 11.5 Å². The van der Waals surface area contributed by atoms with E-state index in [4.69, 9.17) is 5.11 Å². The molecule has 0 saturated carbocycles. The molecule has 7 nitrogen and oxygen atoms in total. The number of carboxylic acids is 1. The van der Waals surface area contributed by atoms with Gasteiger partial charge in [-0.15, -0.1) is 0 Å². The van der Waals surface area contributed by atoms with E-state index in [0.29, 0.717) is 5.69 Å². The first-order valence-corrected chi connectivity index (χ1v) is 6.65. The molecule has 116 valence electrons. The number of phenolic OH excluding ortho intramolecular Hbond substituents is 1. The summed E-state index contributed by atoms with van der Waals surface area (Å²) >= 11 is 0. The summed E-state index contributed by atoms with van der Waals surface area (Å²) in [6.45, 7) is 3.04. The fraction of sp³-hybridized carbons (Fsp3) is 0.267. The number of nitrogens with one attached hydrogen (secondary N) is 1. The smallest absolute Gasteiger partial charge is 0.331 e. The van der Waals surface area contributed by atoms with Gasteiger partial charge in [-0.05, 0) is 31.5 Å². The minimum atomic E-state index is -1.19. The van der Waals surface area contributed by atoms with E-state index in [1.807, 2.05) is 0 Å². The highest BCUT2D eigenvalue weighted by Crippen LogP contribution is 2.17. The maximum atomic E-state index is 11.9. The van der Waals surface area contributed by atoms with Gasteiger partial charge < -0.3 is 15.5 Å². The molecule has 0 unspecified atom stereocenters. The minimum absolute atomic E-state index is 0.140. The first kappa shape index (κ1) is 15.6. The molecule has 2 rings (SSSR count). The van der Waals surface area contributed by atoms with Crippen LogP contribution in [-0.2, 0) is 21.5 Å². The zero-order valence-corrected chi connectivity index (χ0v) is 12.3. The van der Waals surface area contributed by atoms with Crippen molar-refractivity contribution in [2.75, 3.05) is 5.32 Å². The monoisotopic (exact) mass is 303 g/mol. The predicted octanol–water partition coefficient (Wildman–Crippen LogP) is 1.59. The van der Waals surface area contributed by atoms with Gasteiger partial charge in [0.15, 0.2) is 5.54 Å². The Kier molecular flexibility index (Phi) is 4.16. The number of phenols is 1. The Labute approximate surface area is 127 Å². The fourth-order valence-corrected chi connectivity index (χ4v) is 1.80. The van der Waals surface area contributed by atoms with Gasteiger partial charge in [-0.25, -0.2) is 4.79 Å². The Morgan fingerprint density at radius 2 is 1.91 bits per heavy atom. The van der Waals surface area contributed by atoms with E-state index >= 15 is 0 Å². The van der Waals surface area contributed by atoms with Crippen LogP contribution >= 0.6 is 0 Å². The normalized spacial score (nSPS) is 11.2. The number of hydrogen-bond acceptors (Lipinski definition) is 4. The highest BCUT2D eigenvalue weighted by Gasteiger charge is 2.30. The summed E-state index contributed by atoms with van der Waals surface area (Å²) in [6.07, 6.45) is 3.02. The lowest BCUT2D eigenvalue weighted by molar-refractivity contribution is -0.146. The fourth-order valence-electron chi connectivity index (χ4n) is 1.80. The van der Waals surface area contributed by atoms with Gasteiger partial charge in [-0.3, -0.25) is 9.48 Å². The van der Waals surface area contributed by atoms with Crippen LogP contribution in [0.15, 0.2) is 36.7 Å². The molecule has 1 aromatic heterocycles. The third-order valence-electron chi connectivity index (χ3n) is 3.26. The highest BCUT2D eigenvalue weighted by molar-refractivity contribution is 5.92. The molecule has 22 heavy (non-hydrogen) atoms. The van der Waals surface area contributed by atoms with Crippen LogP contribution in [0.3, 0.4) is 0 Å². The molecule has 0 aliphatic heterocycles. The van der Waals surface area contributed by atoms with Crippen molar-refractivity contribution in [3.8, 4) is 5.75 Å². The lowest BCUT2D eigenvalue weighted by Crippen LogP contribution is -2.35. The molecule has 1 heterocycles. The number of benzene rings is 1. The van der Waals surface area contributed by atoms with Crippen LogP contribution in [0.25, 0.3) is 0 Å². The van der Waals surface area contributed by atoms with Gasteiger partial charge in [0.2, 0.25) is 5.91 Å². The number of aromatic hydroxyl groups is 1. The summed E-state index contributed by atoms with van der Waals surface area (Å²) < 4.78 is 1.28. The molecule has 0 aliphatic rings. The lowest BCUT2D eigenvalue weighted by atomic mass is 10.1. The maximum Gasteiger partial charge on any atom is 0.331 e. The molecule has 1 amide bonds. The van der Waals surface area contributed by atoms with Gasteiger partial charge in [-0.1, -0.05) is 12.1 Å². The third kappa shape index (κ3) is 3.43. The van der Waals surface area contributed by atoms with E-state index in [0.717, 1.165) is 5.56 Å². The molecule has 0 saturated heterocycles. The van der Waals surface area contributed by atoms with Gasteiger partial charge >= 0.3 is 5.97 Å². The van der Waals surface area contributed by atoms with Gasteiger partial charge in [-0.2, -0.15) is 5.10 Å². The SMILES string of the molecule is CC(C)(C(=O)O)n1cc(NC(=O)Cc2ccc(O)cc2)cn1. The second-order valence-corrected chi connectivity index (χ2v) is 5.43. The van der Waals surface area contributed by atoms with Gasteiger partial charge in [0.05, 0.1) is 18.3 Å². The number of carbonyl (C=O) groups is 2. The molecule has 3 N–H and O–H groups in total. The molecule has 0 spiro atoms. The van der Waals surface area contributed by atoms with Crippen LogP contribution in [0.2, 0.25) is 0 Å². The van der Waals surface area contributed by atoms with Crippen LogP contribution < -0.4 is 5.32 Å². The van der Waals surface area contributed by atoms with Crippen molar-refractivity contribution >= 4 is 17.6 Å². The number of anilines is 1. The van der Waals surface area contributed by atoms with Crippen LogP contribution in [-0.4, -0.2) is 31.9 Å². The molecule has 2 aromatic rings. The summed E-state index contributed by atoms with van der Waals surface area (Å²) in [7, 11) is 0. The zero-order chi connectivity index (χ0) is 16.3. The minimum Gasteiger partial charge on any atom is -0.508 e. The molecular formula is C15H17N3O4. The summed E-state index contributed by atoms with van der Waals surface area (Å²) in [6, 6.07) is 6.34. The van der Waals surface area contributed by atoms with E-state index in [-0.39, 0.29) is 18.1 Å². The number of aliphatic carboxylic acids is 1. The largest absolute Gasteiger partial charge is 0.508 e. The number of amides is 1. The van der Waals surface area contributed by atoms with Crippen molar-refractivity contribution in [2.45, 2.75) is 25.8 Å². The molecule has 0 bridgehead atoms. The number of nitrogens with zero attached hydrogens (tertiary/aromatic N) is 2. The van der Waals surface area contributed by atoms with E-state index in [1.165, 1.54) is 43.1 Å². The summed E-state index contributed by atoms with van der Waals surface area (Å²) in [4.78, 5) is 23.1. The number of aromatic nitrogens is 2. The molecule has 0 fully saturated rings. The van der Waals surface area contributed by atoms with Crippen LogP contribution in [0, 0.1) is 0 Å². The average molecular weight is 303 g/mol. The predicted molar refractivity (Wildman–Crippen MR) is 79.6 cm³/mol. The van der Waals surface area contributed by atoms with Crippen molar-refractivity contribution in [1.82, 2.24) is 9.78 Å². The molecule has 1 aromatic carbocycles. The number of carboxylic acid groups (broad SMARTS) is 1. The van der Waals surface area contributed by atoms with Crippen molar-refractivity contribution < 1.29 is 19.8 Å². The molecule has 0 radical (unpaired) electrons. The molecule has 0 atom stereocenters. The quantitative estimate of drug-likeness (QED) is 0.778. The molecule has 0 aliphatic carbocycles. The second kappa shape index (κ2) is 5.88. The van der Waals surface area contributed by atoms with Crippen molar-refractivity contribution in [3.63, 3.8) is 0 Å². The van der Waals surface area contributed by atoms with Crippen molar-refractivity contribution in [1.29, 1.82) is 0 Å². The maximum absolute atomic E-state index is 11.9. The number of rotatable bonds is 5. The topological polar surface area (TPSA) is 104 Å². The molecule has 7 heteroatoms. The zero-order valence-electron chi connectivity index (χ0n) is 12.3. The Balaban J connectivity index is 2.02. The first-order valence-electron chi connectivity index (χ1n) is 6.65. The summed E-state index contributed by atoms with van der Waals surface area (Å²) in [5.41, 5.74) is -0.00779. The summed E-state index contributed by atoms with van der Waals surface area (Å²) in [5, 5.41) is 25.0. The van der Waals surface area contributed by atoms with Gasteiger partial charge in [0.25, 0.3) is 0 Å². The standard InChI is InChI=1S/C15H17N3O4/c1-15(2,14(21)22)18-9-11(8-16-18)17-13(20)7-10-3-5-12(19)6-4-10/h3-6,8-9,19H,7H2,1-2H3,(H,17,20)(H,21,22). The highest BCUT2D eigenvalue weighted by atomic mass is 16.4. The van der Waals surface area contributed by atoms with Crippen LogP contribution in [0.5, 0.6) is 5.75 Å². The Morgan fingerprint density at radius 3 is 2.50 bits per heavy atom. The Morgan fingerprint density at radius 1 is 1.27 bits per heavy atom. The van der Waals surface area contributed by atoms with Crippen molar-refractivity contribution in [2.24, 2.45) is 0 Å². The van der Waals surface area contributed by atoms with Gasteiger partial charge in [0, 0.05) is 6.20 Å². The number of carbonyl (C=O) groups excluding carboxylic acids is 1. The third-order valence-corrected chi connectivity index (χ3v) is 3.26. The molecular weight excluding hydrogens is 286 g/mol. The van der Waals surface area contributed by atoms with Crippen molar-refractivity contribution in [3.05, 3.63) is 42.2 Å². The van der Waals surface area contributed by atoms with E-state index in [9.17, 15) is 14.7 Å². The number of hydrogen-bond donors (Lipinski definition) is 3. The Hall–Kier alpha value is -2.83. The lowest BCUT2D eigenvalue weighted by Gasteiger charge is -2.19. The average Bonchev–Trinajstić information content (AvgIpc) is 2.90. The Bertz CT molecular complexity index is 689. The van der Waals surface area contributed by atoms with Gasteiger partial charge in [0.1, 0.15) is 5.75 Å². The second-order valence-electron chi connectivity index (χ2n) is 5.43. The first-order chi connectivity index (χ1) is 10.3. The summed E-state index contributed by atoms with van der Waals surface area (Å²) in [5.74, 6) is -1.13.